The lowest BCUT2D eigenvalue weighted by atomic mass is 10.2. The maximum Gasteiger partial charge on any atom is 0.277 e. The predicted octanol–water partition coefficient (Wildman–Crippen LogP) is 3.05. The summed E-state index contributed by atoms with van der Waals surface area (Å²) < 4.78 is 34.0. The van der Waals surface area contributed by atoms with Crippen molar-refractivity contribution in [3.63, 3.8) is 0 Å². The van der Waals surface area contributed by atoms with Crippen molar-refractivity contribution in [3.05, 3.63) is 50.8 Å². The van der Waals surface area contributed by atoms with Gasteiger partial charge in [-0.2, -0.15) is 4.98 Å². The van der Waals surface area contributed by atoms with Crippen LogP contribution in [0.15, 0.2) is 23.0 Å². The topological polar surface area (TPSA) is 76.5 Å². The highest BCUT2D eigenvalue weighted by atomic mass is 35.5. The molecule has 2 aromatic rings. The number of nitrogens with one attached hydrogen (secondary N) is 1. The fourth-order valence-corrected chi connectivity index (χ4v) is 3.59. The third-order valence-corrected chi connectivity index (χ3v) is 5.11. The molecule has 1 aromatic heterocycles. The van der Waals surface area contributed by atoms with Gasteiger partial charge in [-0.05, 0) is 32.4 Å². The summed E-state index contributed by atoms with van der Waals surface area (Å²) >= 11 is 6.20. The zero-order chi connectivity index (χ0) is 22.0. The Morgan fingerprint density at radius 3 is 2.77 bits per heavy atom. The molecule has 1 unspecified atom stereocenters. The lowest BCUT2D eigenvalue weighted by Gasteiger charge is -2.25. The highest BCUT2D eigenvalue weighted by Gasteiger charge is 2.29. The number of halogens is 3. The largest absolute Gasteiger partial charge is 0.471 e. The number of rotatable bonds is 6. The molecule has 30 heavy (non-hydrogen) atoms. The summed E-state index contributed by atoms with van der Waals surface area (Å²) in [6, 6.07) is 2.84. The minimum absolute atomic E-state index is 0.0617. The fraction of sp³-hybridized carbons (Fsp3) is 0.450. The number of carbonyl (C=O) groups excluding carboxylic acids is 1. The molecule has 1 saturated heterocycles. The van der Waals surface area contributed by atoms with Crippen LogP contribution in [0, 0.1) is 11.6 Å². The molecule has 1 aliphatic heterocycles. The van der Waals surface area contributed by atoms with Gasteiger partial charge in [0.05, 0.1) is 0 Å². The van der Waals surface area contributed by atoms with E-state index in [9.17, 15) is 18.4 Å². The highest BCUT2D eigenvalue weighted by Crippen LogP contribution is 2.27. The van der Waals surface area contributed by atoms with E-state index in [4.69, 9.17) is 16.3 Å². The zero-order valence-electron chi connectivity index (χ0n) is 16.9. The number of nitrogens with zero attached hydrogens (tertiary/aromatic N) is 3. The summed E-state index contributed by atoms with van der Waals surface area (Å²) in [5.41, 5.74) is -0.370. The van der Waals surface area contributed by atoms with E-state index in [1.807, 2.05) is 18.7 Å². The minimum Gasteiger partial charge on any atom is -0.471 e. The third kappa shape index (κ3) is 4.72. The van der Waals surface area contributed by atoms with Gasteiger partial charge in [-0.25, -0.2) is 8.78 Å². The first kappa shape index (κ1) is 22.0. The van der Waals surface area contributed by atoms with Crippen molar-refractivity contribution in [2.75, 3.05) is 18.0 Å². The van der Waals surface area contributed by atoms with Crippen LogP contribution in [0.4, 0.5) is 14.7 Å². The quantitative estimate of drug-likeness (QED) is 0.747. The molecule has 0 aliphatic carbocycles. The Labute approximate surface area is 177 Å². The summed E-state index contributed by atoms with van der Waals surface area (Å²) in [6.45, 7) is 5.91. The van der Waals surface area contributed by atoms with E-state index in [0.717, 1.165) is 12.1 Å². The molecule has 7 nitrogen and oxygen atoms in total. The molecule has 1 aliphatic rings. The van der Waals surface area contributed by atoms with Crippen molar-refractivity contribution in [3.8, 4) is 5.88 Å². The summed E-state index contributed by atoms with van der Waals surface area (Å²) in [4.78, 5) is 30.5. The Hall–Kier alpha value is -2.68. The summed E-state index contributed by atoms with van der Waals surface area (Å²) in [5, 5.41) is 2.65. The zero-order valence-corrected chi connectivity index (χ0v) is 17.7. The van der Waals surface area contributed by atoms with Gasteiger partial charge in [-0.15, -0.1) is 0 Å². The van der Waals surface area contributed by atoms with Gasteiger partial charge < -0.3 is 15.0 Å². The maximum absolute atomic E-state index is 13.9. The molecule has 1 N–H and O–H groups in total. The Morgan fingerprint density at radius 1 is 1.40 bits per heavy atom. The molecule has 1 aromatic carbocycles. The molecule has 3 rings (SSSR count). The van der Waals surface area contributed by atoms with Crippen molar-refractivity contribution in [2.45, 2.75) is 45.9 Å². The first-order valence-electron chi connectivity index (χ1n) is 9.58. The number of hydrogen-bond acceptors (Lipinski definition) is 5. The van der Waals surface area contributed by atoms with Crippen LogP contribution in [0.1, 0.15) is 38.8 Å². The molecule has 162 valence electrons. The van der Waals surface area contributed by atoms with E-state index in [1.165, 1.54) is 17.6 Å². The first-order valence-corrected chi connectivity index (χ1v) is 9.96. The molecule has 0 bridgehead atoms. The molecule has 1 amide bonds. The average molecular weight is 441 g/mol. The van der Waals surface area contributed by atoms with Crippen molar-refractivity contribution >= 4 is 23.5 Å². The van der Waals surface area contributed by atoms with Gasteiger partial charge in [0.2, 0.25) is 17.7 Å². The van der Waals surface area contributed by atoms with Crippen molar-refractivity contribution in [2.24, 2.45) is 0 Å². The number of amides is 1. The second kappa shape index (κ2) is 8.99. The van der Waals surface area contributed by atoms with Crippen LogP contribution in [-0.4, -0.2) is 34.6 Å². The van der Waals surface area contributed by atoms with Crippen LogP contribution >= 0.6 is 11.6 Å². The van der Waals surface area contributed by atoms with Crippen LogP contribution in [0.5, 0.6) is 5.88 Å². The maximum atomic E-state index is 13.9. The van der Waals surface area contributed by atoms with Crippen LogP contribution in [0.2, 0.25) is 5.02 Å². The van der Waals surface area contributed by atoms with Crippen LogP contribution in [0.25, 0.3) is 0 Å². The van der Waals surface area contributed by atoms with Crippen LogP contribution in [0.3, 0.4) is 0 Å². The third-order valence-electron chi connectivity index (χ3n) is 4.79. The summed E-state index contributed by atoms with van der Waals surface area (Å²) in [5.74, 6) is -1.35. The number of benzene rings is 1. The lowest BCUT2D eigenvalue weighted by Crippen LogP contribution is -2.38. The second-order valence-corrected chi connectivity index (χ2v) is 7.83. The van der Waals surface area contributed by atoms with Gasteiger partial charge in [0, 0.05) is 43.7 Å². The van der Waals surface area contributed by atoms with Gasteiger partial charge in [-0.3, -0.25) is 14.2 Å². The standard InChI is InChI=1S/C20H23ClF2N4O3/c1-11(2)27-19(29)17(21)18(30-10-13-4-5-14(22)8-16(13)23)25-20(27)26-7-6-15(9-26)24-12(3)28/h4-5,8,11,15H,6-7,9-10H2,1-3H3,(H,24,28). The lowest BCUT2D eigenvalue weighted by molar-refractivity contribution is -0.119. The normalized spacial score (nSPS) is 16.2. The van der Waals surface area contributed by atoms with Gasteiger partial charge in [0.15, 0.2) is 5.02 Å². The van der Waals surface area contributed by atoms with E-state index in [1.54, 1.807) is 0 Å². The van der Waals surface area contributed by atoms with Crippen LogP contribution < -0.4 is 20.5 Å². The average Bonchev–Trinajstić information content (AvgIpc) is 3.11. The number of hydrogen-bond donors (Lipinski definition) is 1. The van der Waals surface area contributed by atoms with E-state index in [-0.39, 0.29) is 41.1 Å². The number of anilines is 1. The molecule has 1 atom stereocenters. The highest BCUT2D eigenvalue weighted by molar-refractivity contribution is 6.31. The molecular formula is C20H23ClF2N4O3. The van der Waals surface area contributed by atoms with Crippen molar-refractivity contribution in [1.82, 2.24) is 14.9 Å². The van der Waals surface area contributed by atoms with Crippen LogP contribution in [-0.2, 0) is 11.4 Å². The summed E-state index contributed by atoms with van der Waals surface area (Å²) in [6.07, 6.45) is 0.702. The molecule has 10 heteroatoms. The van der Waals surface area contributed by atoms with E-state index in [2.05, 4.69) is 10.3 Å². The molecule has 0 saturated carbocycles. The fourth-order valence-electron chi connectivity index (χ4n) is 3.40. The van der Waals surface area contributed by atoms with Gasteiger partial charge in [-0.1, -0.05) is 11.6 Å². The van der Waals surface area contributed by atoms with E-state index >= 15 is 0 Å². The number of aromatic nitrogens is 2. The monoisotopic (exact) mass is 440 g/mol. The molecule has 1 fully saturated rings. The predicted molar refractivity (Wildman–Crippen MR) is 109 cm³/mol. The number of ether oxygens (including phenoxy) is 1. The Balaban J connectivity index is 1.91. The molecular weight excluding hydrogens is 418 g/mol. The number of carbonyl (C=O) groups is 1. The summed E-state index contributed by atoms with van der Waals surface area (Å²) in [7, 11) is 0. The van der Waals surface area contributed by atoms with Gasteiger partial charge >= 0.3 is 0 Å². The van der Waals surface area contributed by atoms with Gasteiger partial charge in [0.1, 0.15) is 18.2 Å². The smallest absolute Gasteiger partial charge is 0.277 e. The second-order valence-electron chi connectivity index (χ2n) is 7.46. The van der Waals surface area contributed by atoms with Crippen molar-refractivity contribution in [1.29, 1.82) is 0 Å². The SMILES string of the molecule is CC(=O)NC1CCN(c2nc(OCc3ccc(F)cc3F)c(Cl)c(=O)n2C(C)C)C1. The Morgan fingerprint density at radius 2 is 2.13 bits per heavy atom. The van der Waals surface area contributed by atoms with E-state index < -0.39 is 17.2 Å². The molecule has 0 spiro atoms. The Kier molecular flexibility index (Phi) is 6.60. The Bertz CT molecular complexity index is 1010. The molecule has 2 heterocycles. The molecule has 0 radical (unpaired) electrons. The minimum atomic E-state index is -0.764. The van der Waals surface area contributed by atoms with Crippen molar-refractivity contribution < 1.29 is 18.3 Å². The first-order chi connectivity index (χ1) is 14.2. The van der Waals surface area contributed by atoms with E-state index in [0.29, 0.717) is 25.5 Å². The van der Waals surface area contributed by atoms with Gasteiger partial charge in [0.25, 0.3) is 5.56 Å².